The fourth-order valence-corrected chi connectivity index (χ4v) is 3.14. The number of hydrogen-bond donors (Lipinski definition) is 1. The van der Waals surface area contributed by atoms with E-state index in [0.717, 1.165) is 43.2 Å². The fourth-order valence-electron chi connectivity index (χ4n) is 3.14. The molecule has 1 fully saturated rings. The Morgan fingerprint density at radius 1 is 1.21 bits per heavy atom. The molecule has 1 unspecified atom stereocenters. The summed E-state index contributed by atoms with van der Waals surface area (Å²) in [6.45, 7) is 1.92. The number of hydrogen-bond acceptors (Lipinski definition) is 7. The van der Waals surface area contributed by atoms with Crippen molar-refractivity contribution in [2.45, 2.75) is 18.9 Å². The summed E-state index contributed by atoms with van der Waals surface area (Å²) in [6, 6.07) is 12.2. The van der Waals surface area contributed by atoms with E-state index in [0.29, 0.717) is 11.7 Å². The van der Waals surface area contributed by atoms with E-state index >= 15 is 0 Å². The standard InChI is InChI=1S/C16H19N7O/c1-24-14-7-3-2-6-13(14)22-10-4-5-12(11-22)17-15-8-9-16-18-20-21-23(16)19-15/h2-3,6-9,12H,4-5,10-11H2,1H3,(H,17,19). The largest absolute Gasteiger partial charge is 0.495 e. The SMILES string of the molecule is COc1ccccc1N1CCCC(Nc2ccc3nnnn3n2)C1. The van der Waals surface area contributed by atoms with E-state index < -0.39 is 0 Å². The van der Waals surface area contributed by atoms with Crippen LogP contribution < -0.4 is 15.0 Å². The van der Waals surface area contributed by atoms with Crippen LogP contribution in [-0.4, -0.2) is 51.5 Å². The second-order valence-corrected chi connectivity index (χ2v) is 5.85. The molecule has 4 rings (SSSR count). The predicted molar refractivity (Wildman–Crippen MR) is 90.4 cm³/mol. The smallest absolute Gasteiger partial charge is 0.200 e. The first-order chi connectivity index (χ1) is 11.8. The molecule has 0 radical (unpaired) electrons. The van der Waals surface area contributed by atoms with Crippen LogP contribution in [0.3, 0.4) is 0 Å². The predicted octanol–water partition coefficient (Wildman–Crippen LogP) is 1.61. The number of nitrogens with zero attached hydrogens (tertiary/aromatic N) is 6. The van der Waals surface area contributed by atoms with E-state index in [1.807, 2.05) is 30.3 Å². The summed E-state index contributed by atoms with van der Waals surface area (Å²) in [7, 11) is 1.71. The van der Waals surface area contributed by atoms with Gasteiger partial charge in [-0.3, -0.25) is 0 Å². The van der Waals surface area contributed by atoms with Gasteiger partial charge in [0.15, 0.2) is 5.65 Å². The van der Waals surface area contributed by atoms with Crippen molar-refractivity contribution >= 4 is 17.2 Å². The quantitative estimate of drug-likeness (QED) is 0.780. The third-order valence-electron chi connectivity index (χ3n) is 4.27. The number of piperidine rings is 1. The van der Waals surface area contributed by atoms with Gasteiger partial charge in [0.2, 0.25) is 0 Å². The Hall–Kier alpha value is -2.90. The van der Waals surface area contributed by atoms with Gasteiger partial charge in [-0.1, -0.05) is 12.1 Å². The summed E-state index contributed by atoms with van der Waals surface area (Å²) in [6.07, 6.45) is 2.21. The molecule has 3 aromatic rings. The lowest BCUT2D eigenvalue weighted by Gasteiger charge is -2.35. The molecule has 0 saturated carbocycles. The maximum Gasteiger partial charge on any atom is 0.200 e. The topological polar surface area (TPSA) is 80.5 Å². The van der Waals surface area contributed by atoms with Crippen LogP contribution in [0.5, 0.6) is 5.75 Å². The van der Waals surface area contributed by atoms with E-state index in [-0.39, 0.29) is 0 Å². The molecule has 1 saturated heterocycles. The monoisotopic (exact) mass is 325 g/mol. The maximum atomic E-state index is 5.49. The Bertz CT molecular complexity index is 834. The highest BCUT2D eigenvalue weighted by molar-refractivity contribution is 5.59. The summed E-state index contributed by atoms with van der Waals surface area (Å²) in [5.41, 5.74) is 1.77. The Morgan fingerprint density at radius 3 is 3.04 bits per heavy atom. The normalized spacial score (nSPS) is 17.9. The molecule has 0 bridgehead atoms. The van der Waals surface area contributed by atoms with Crippen LogP contribution in [0.4, 0.5) is 11.5 Å². The van der Waals surface area contributed by atoms with E-state index in [2.05, 4.69) is 36.9 Å². The molecular weight excluding hydrogens is 306 g/mol. The summed E-state index contributed by atoms with van der Waals surface area (Å²) in [4.78, 5) is 2.36. The number of para-hydroxylation sites is 2. The third kappa shape index (κ3) is 2.82. The molecule has 1 aromatic carbocycles. The summed E-state index contributed by atoms with van der Waals surface area (Å²) in [5, 5.41) is 19.2. The molecule has 0 amide bonds. The van der Waals surface area contributed by atoms with Gasteiger partial charge in [-0.25, -0.2) is 0 Å². The van der Waals surface area contributed by atoms with Crippen molar-refractivity contribution < 1.29 is 4.74 Å². The third-order valence-corrected chi connectivity index (χ3v) is 4.27. The lowest BCUT2D eigenvalue weighted by Crippen LogP contribution is -2.42. The van der Waals surface area contributed by atoms with Crippen LogP contribution in [0, 0.1) is 0 Å². The van der Waals surface area contributed by atoms with Crippen LogP contribution in [0.2, 0.25) is 0 Å². The summed E-state index contributed by atoms with van der Waals surface area (Å²) < 4.78 is 6.93. The molecule has 0 spiro atoms. The summed E-state index contributed by atoms with van der Waals surface area (Å²) >= 11 is 0. The van der Waals surface area contributed by atoms with Crippen molar-refractivity contribution in [3.63, 3.8) is 0 Å². The van der Waals surface area contributed by atoms with Crippen LogP contribution >= 0.6 is 0 Å². The second kappa shape index (κ2) is 6.31. The lowest BCUT2D eigenvalue weighted by molar-refractivity contribution is 0.411. The number of rotatable bonds is 4. The number of fused-ring (bicyclic) bond motifs is 1. The summed E-state index contributed by atoms with van der Waals surface area (Å²) in [5.74, 6) is 1.69. The maximum absolute atomic E-state index is 5.49. The average Bonchev–Trinajstić information content (AvgIpc) is 3.10. The van der Waals surface area contributed by atoms with Gasteiger partial charge >= 0.3 is 0 Å². The van der Waals surface area contributed by atoms with Gasteiger partial charge < -0.3 is 15.0 Å². The van der Waals surface area contributed by atoms with Crippen LogP contribution in [-0.2, 0) is 0 Å². The zero-order chi connectivity index (χ0) is 16.4. The fraction of sp³-hybridized carbons (Fsp3) is 0.375. The highest BCUT2D eigenvalue weighted by Crippen LogP contribution is 2.30. The number of tetrazole rings is 1. The first-order valence-electron chi connectivity index (χ1n) is 8.03. The highest BCUT2D eigenvalue weighted by Gasteiger charge is 2.22. The minimum absolute atomic E-state index is 0.310. The zero-order valence-electron chi connectivity index (χ0n) is 13.5. The van der Waals surface area contributed by atoms with Crippen molar-refractivity contribution in [1.82, 2.24) is 25.3 Å². The number of benzene rings is 1. The second-order valence-electron chi connectivity index (χ2n) is 5.85. The molecule has 24 heavy (non-hydrogen) atoms. The molecule has 1 N–H and O–H groups in total. The molecule has 2 aromatic heterocycles. The Kier molecular flexibility index (Phi) is 3.86. The number of anilines is 2. The van der Waals surface area contributed by atoms with E-state index in [4.69, 9.17) is 4.74 Å². The molecule has 1 atom stereocenters. The molecule has 124 valence electrons. The Morgan fingerprint density at radius 2 is 2.12 bits per heavy atom. The average molecular weight is 325 g/mol. The molecule has 1 aliphatic rings. The molecular formula is C16H19N7O. The number of methoxy groups -OCH3 is 1. The van der Waals surface area contributed by atoms with Crippen molar-refractivity contribution in [3.8, 4) is 5.75 Å². The highest BCUT2D eigenvalue weighted by atomic mass is 16.5. The van der Waals surface area contributed by atoms with Gasteiger partial charge in [-0.05, 0) is 47.5 Å². The Balaban J connectivity index is 1.50. The van der Waals surface area contributed by atoms with Gasteiger partial charge in [0.25, 0.3) is 0 Å². The zero-order valence-corrected chi connectivity index (χ0v) is 13.5. The van der Waals surface area contributed by atoms with Crippen LogP contribution in [0.15, 0.2) is 36.4 Å². The molecule has 8 heteroatoms. The first kappa shape index (κ1) is 14.7. The van der Waals surface area contributed by atoms with Crippen molar-refractivity contribution in [1.29, 1.82) is 0 Å². The van der Waals surface area contributed by atoms with Crippen molar-refractivity contribution in [2.75, 3.05) is 30.4 Å². The molecule has 0 aliphatic carbocycles. The minimum Gasteiger partial charge on any atom is -0.495 e. The number of nitrogens with one attached hydrogen (secondary N) is 1. The van der Waals surface area contributed by atoms with Gasteiger partial charge in [-0.15, -0.1) is 14.8 Å². The van der Waals surface area contributed by atoms with E-state index in [9.17, 15) is 0 Å². The number of aromatic nitrogens is 5. The molecule has 3 heterocycles. The van der Waals surface area contributed by atoms with Crippen LogP contribution in [0.1, 0.15) is 12.8 Å². The van der Waals surface area contributed by atoms with E-state index in [1.54, 1.807) is 7.11 Å². The van der Waals surface area contributed by atoms with Gasteiger partial charge in [-0.2, -0.15) is 0 Å². The lowest BCUT2D eigenvalue weighted by atomic mass is 10.0. The number of ether oxygens (including phenoxy) is 1. The van der Waals surface area contributed by atoms with Crippen LogP contribution in [0.25, 0.3) is 5.65 Å². The van der Waals surface area contributed by atoms with E-state index in [1.165, 1.54) is 4.63 Å². The minimum atomic E-state index is 0.310. The van der Waals surface area contributed by atoms with Crippen molar-refractivity contribution in [3.05, 3.63) is 36.4 Å². The van der Waals surface area contributed by atoms with Gasteiger partial charge in [0, 0.05) is 19.1 Å². The molecule has 1 aliphatic heterocycles. The molecule has 8 nitrogen and oxygen atoms in total. The first-order valence-corrected chi connectivity index (χ1v) is 8.03. The van der Waals surface area contributed by atoms with Crippen molar-refractivity contribution in [2.24, 2.45) is 0 Å². The van der Waals surface area contributed by atoms with Gasteiger partial charge in [0.1, 0.15) is 11.6 Å². The Labute approximate surface area is 139 Å². The van der Waals surface area contributed by atoms with Gasteiger partial charge in [0.05, 0.1) is 12.8 Å².